The van der Waals surface area contributed by atoms with Crippen molar-refractivity contribution in [1.82, 2.24) is 19.6 Å². The van der Waals surface area contributed by atoms with Crippen LogP contribution >= 0.6 is 11.5 Å². The number of anilines is 1. The van der Waals surface area contributed by atoms with Gasteiger partial charge in [-0.2, -0.15) is 9.47 Å². The molecule has 2 N–H and O–H groups in total. The molecular formula is C8H11N5S. The predicted octanol–water partition coefficient (Wildman–Crippen LogP) is 1.22. The Kier molecular flexibility index (Phi) is 2.73. The summed E-state index contributed by atoms with van der Waals surface area (Å²) in [4.78, 5) is 4.20. The summed E-state index contributed by atoms with van der Waals surface area (Å²) < 4.78 is 4.08. The smallest absolute Gasteiger partial charge is 0.202 e. The van der Waals surface area contributed by atoms with E-state index in [4.69, 9.17) is 0 Å². The largest absolute Gasteiger partial charge is 0.360 e. The normalized spacial score (nSPS) is 10.4. The van der Waals surface area contributed by atoms with E-state index in [0.717, 1.165) is 23.9 Å². The Bertz CT molecular complexity index is 380. The average Bonchev–Trinajstić information content (AvgIpc) is 2.77. The van der Waals surface area contributed by atoms with Crippen LogP contribution in [0.1, 0.15) is 11.4 Å². The quantitative estimate of drug-likeness (QED) is 0.794. The van der Waals surface area contributed by atoms with E-state index in [0.29, 0.717) is 0 Å². The van der Waals surface area contributed by atoms with Crippen LogP contribution < -0.4 is 5.32 Å². The Morgan fingerprint density at radius 1 is 1.57 bits per heavy atom. The lowest BCUT2D eigenvalue weighted by Gasteiger charge is -1.98. The summed E-state index contributed by atoms with van der Waals surface area (Å²) in [6.45, 7) is 2.74. The van der Waals surface area contributed by atoms with E-state index in [1.165, 1.54) is 17.1 Å². The maximum atomic E-state index is 4.20. The molecule has 0 atom stereocenters. The van der Waals surface area contributed by atoms with Crippen molar-refractivity contribution in [3.8, 4) is 0 Å². The Morgan fingerprint density at radius 2 is 2.50 bits per heavy atom. The van der Waals surface area contributed by atoms with Crippen molar-refractivity contribution in [3.63, 3.8) is 0 Å². The minimum atomic E-state index is 0.820. The molecule has 0 radical (unpaired) electrons. The summed E-state index contributed by atoms with van der Waals surface area (Å²) in [5.41, 5.74) is 1.19. The zero-order valence-electron chi connectivity index (χ0n) is 7.82. The highest BCUT2D eigenvalue weighted by Gasteiger charge is 1.99. The predicted molar refractivity (Wildman–Crippen MR) is 55.4 cm³/mol. The third kappa shape index (κ3) is 2.29. The summed E-state index contributed by atoms with van der Waals surface area (Å²) in [7, 11) is 0. The molecule has 74 valence electrons. The first-order chi connectivity index (χ1) is 6.84. The fourth-order valence-electron chi connectivity index (χ4n) is 1.10. The Morgan fingerprint density at radius 3 is 3.14 bits per heavy atom. The van der Waals surface area contributed by atoms with E-state index in [9.17, 15) is 0 Å². The monoisotopic (exact) mass is 209 g/mol. The summed E-state index contributed by atoms with van der Waals surface area (Å²) >= 11 is 1.39. The van der Waals surface area contributed by atoms with Gasteiger partial charge in [0.2, 0.25) is 5.13 Å². The lowest BCUT2D eigenvalue weighted by atomic mass is 10.2. The molecule has 2 aromatic heterocycles. The van der Waals surface area contributed by atoms with Crippen molar-refractivity contribution >= 4 is 16.7 Å². The Labute approximate surface area is 85.8 Å². The summed E-state index contributed by atoms with van der Waals surface area (Å²) in [6, 6.07) is 0. The minimum absolute atomic E-state index is 0.820. The Hall–Kier alpha value is -1.43. The van der Waals surface area contributed by atoms with Crippen LogP contribution in [0, 0.1) is 6.92 Å². The molecule has 0 aliphatic carbocycles. The molecule has 2 rings (SSSR count). The fraction of sp³-hybridized carbons (Fsp3) is 0.375. The van der Waals surface area contributed by atoms with Gasteiger partial charge in [0.1, 0.15) is 5.82 Å². The van der Waals surface area contributed by atoms with Crippen molar-refractivity contribution in [3.05, 3.63) is 23.8 Å². The van der Waals surface area contributed by atoms with Crippen molar-refractivity contribution in [2.24, 2.45) is 0 Å². The number of aromatic nitrogens is 4. The molecule has 0 saturated heterocycles. The third-order valence-electron chi connectivity index (χ3n) is 1.77. The van der Waals surface area contributed by atoms with E-state index in [-0.39, 0.29) is 0 Å². The number of nitrogens with zero attached hydrogens (tertiary/aromatic N) is 3. The van der Waals surface area contributed by atoms with E-state index < -0.39 is 0 Å². The molecule has 0 bridgehead atoms. The first-order valence-corrected chi connectivity index (χ1v) is 5.14. The van der Waals surface area contributed by atoms with E-state index in [1.807, 2.05) is 19.3 Å². The summed E-state index contributed by atoms with van der Waals surface area (Å²) in [6.07, 6.45) is 4.66. The van der Waals surface area contributed by atoms with Crippen LogP contribution in [-0.4, -0.2) is 26.1 Å². The van der Waals surface area contributed by atoms with Gasteiger partial charge >= 0.3 is 0 Å². The molecule has 0 aliphatic rings. The number of rotatable bonds is 4. The molecule has 2 heterocycles. The lowest BCUT2D eigenvalue weighted by Crippen LogP contribution is -2.03. The molecule has 0 spiro atoms. The van der Waals surface area contributed by atoms with Crippen LogP contribution in [0.3, 0.4) is 0 Å². The van der Waals surface area contributed by atoms with Crippen molar-refractivity contribution in [2.45, 2.75) is 13.3 Å². The molecule has 5 nitrogen and oxygen atoms in total. The highest BCUT2D eigenvalue weighted by molar-refractivity contribution is 7.09. The number of H-pyrrole nitrogens is 1. The number of aromatic amines is 1. The molecule has 2 aromatic rings. The third-order valence-corrected chi connectivity index (χ3v) is 2.54. The molecule has 0 saturated carbocycles. The second-order valence-corrected chi connectivity index (χ2v) is 3.68. The van der Waals surface area contributed by atoms with Crippen molar-refractivity contribution in [2.75, 3.05) is 11.9 Å². The standard InChI is InChI=1S/C8H11N5S/c1-6-12-8(14-13-6)9-3-2-7-4-10-11-5-7/h4-5H,2-3H2,1H3,(H,10,11)(H,9,12,13). The molecule has 14 heavy (non-hydrogen) atoms. The van der Waals surface area contributed by atoms with Gasteiger partial charge in [0.05, 0.1) is 6.20 Å². The van der Waals surface area contributed by atoms with E-state index in [2.05, 4.69) is 24.9 Å². The molecule has 6 heteroatoms. The molecule has 0 amide bonds. The highest BCUT2D eigenvalue weighted by Crippen LogP contribution is 2.09. The van der Waals surface area contributed by atoms with Gasteiger partial charge in [-0.1, -0.05) is 0 Å². The number of hydrogen-bond donors (Lipinski definition) is 2. The van der Waals surface area contributed by atoms with E-state index >= 15 is 0 Å². The molecule has 0 fully saturated rings. The van der Waals surface area contributed by atoms with Gasteiger partial charge in [0, 0.05) is 24.3 Å². The Balaban J connectivity index is 1.78. The molecule has 0 unspecified atom stereocenters. The van der Waals surface area contributed by atoms with Crippen LogP contribution in [0.4, 0.5) is 5.13 Å². The van der Waals surface area contributed by atoms with Crippen molar-refractivity contribution in [1.29, 1.82) is 0 Å². The van der Waals surface area contributed by atoms with Crippen LogP contribution in [-0.2, 0) is 6.42 Å². The molecule has 0 aromatic carbocycles. The number of aryl methyl sites for hydroxylation is 1. The fourth-order valence-corrected chi connectivity index (χ4v) is 1.70. The summed E-state index contributed by atoms with van der Waals surface area (Å²) in [5, 5.41) is 10.7. The van der Waals surface area contributed by atoms with Crippen LogP contribution in [0.25, 0.3) is 0 Å². The van der Waals surface area contributed by atoms with Gasteiger partial charge in [-0.05, 0) is 18.9 Å². The molecule has 0 aliphatic heterocycles. The maximum absolute atomic E-state index is 4.20. The maximum Gasteiger partial charge on any atom is 0.202 e. The number of hydrogen-bond acceptors (Lipinski definition) is 5. The summed E-state index contributed by atoms with van der Waals surface area (Å²) in [5.74, 6) is 0.820. The zero-order valence-corrected chi connectivity index (χ0v) is 8.64. The topological polar surface area (TPSA) is 66.5 Å². The second-order valence-electron chi connectivity index (χ2n) is 2.93. The SMILES string of the molecule is Cc1nsc(NCCc2cn[nH]c2)n1. The van der Waals surface area contributed by atoms with Gasteiger partial charge in [-0.3, -0.25) is 5.10 Å². The van der Waals surface area contributed by atoms with Crippen LogP contribution in [0.2, 0.25) is 0 Å². The van der Waals surface area contributed by atoms with E-state index in [1.54, 1.807) is 0 Å². The first-order valence-electron chi connectivity index (χ1n) is 4.36. The van der Waals surface area contributed by atoms with Gasteiger partial charge < -0.3 is 5.32 Å². The molecular weight excluding hydrogens is 198 g/mol. The zero-order chi connectivity index (χ0) is 9.80. The van der Waals surface area contributed by atoms with Crippen molar-refractivity contribution < 1.29 is 0 Å². The minimum Gasteiger partial charge on any atom is -0.360 e. The highest BCUT2D eigenvalue weighted by atomic mass is 32.1. The average molecular weight is 209 g/mol. The van der Waals surface area contributed by atoms with Crippen LogP contribution in [0.15, 0.2) is 12.4 Å². The van der Waals surface area contributed by atoms with Gasteiger partial charge in [-0.15, -0.1) is 0 Å². The first kappa shape index (κ1) is 9.14. The van der Waals surface area contributed by atoms with Gasteiger partial charge in [0.25, 0.3) is 0 Å². The number of nitrogens with one attached hydrogen (secondary N) is 2. The van der Waals surface area contributed by atoms with Gasteiger partial charge in [-0.25, -0.2) is 4.98 Å². The van der Waals surface area contributed by atoms with Crippen LogP contribution in [0.5, 0.6) is 0 Å². The second kappa shape index (κ2) is 4.19. The van der Waals surface area contributed by atoms with Gasteiger partial charge in [0.15, 0.2) is 0 Å². The lowest BCUT2D eigenvalue weighted by molar-refractivity contribution is 1.01.